The van der Waals surface area contributed by atoms with E-state index in [0.29, 0.717) is 5.25 Å². The molecule has 2 nitrogen and oxygen atoms in total. The Morgan fingerprint density at radius 1 is 1.25 bits per heavy atom. The third-order valence-electron chi connectivity index (χ3n) is 3.33. The summed E-state index contributed by atoms with van der Waals surface area (Å²) in [5.74, 6) is 0. The zero-order valence-electron chi connectivity index (χ0n) is 9.74. The van der Waals surface area contributed by atoms with Crippen LogP contribution >= 0.6 is 0 Å². The van der Waals surface area contributed by atoms with Gasteiger partial charge in [-0.25, -0.2) is 0 Å². The van der Waals surface area contributed by atoms with Gasteiger partial charge in [-0.05, 0) is 43.5 Å². The second kappa shape index (κ2) is 5.00. The lowest BCUT2D eigenvalue weighted by Gasteiger charge is -2.21. The van der Waals surface area contributed by atoms with E-state index in [-0.39, 0.29) is 0 Å². The van der Waals surface area contributed by atoms with Crippen LogP contribution < -0.4 is 5.73 Å². The minimum atomic E-state index is -0.844. The summed E-state index contributed by atoms with van der Waals surface area (Å²) in [6.07, 6.45) is 5.97. The van der Waals surface area contributed by atoms with E-state index in [2.05, 4.69) is 0 Å². The zero-order chi connectivity index (χ0) is 11.5. The van der Waals surface area contributed by atoms with Crippen LogP contribution in [0.3, 0.4) is 0 Å². The third kappa shape index (κ3) is 2.46. The fourth-order valence-corrected chi connectivity index (χ4v) is 3.89. The molecule has 0 aliphatic heterocycles. The molecular formula is C13H19NOS. The first kappa shape index (κ1) is 11.6. The molecule has 1 aliphatic rings. The summed E-state index contributed by atoms with van der Waals surface area (Å²) in [5.41, 5.74) is 7.58. The molecule has 0 amide bonds. The Labute approximate surface area is 99.7 Å². The van der Waals surface area contributed by atoms with E-state index in [4.69, 9.17) is 5.73 Å². The van der Waals surface area contributed by atoms with Crippen LogP contribution in [0.4, 0.5) is 5.69 Å². The second-order valence-electron chi connectivity index (χ2n) is 4.58. The van der Waals surface area contributed by atoms with Gasteiger partial charge >= 0.3 is 0 Å². The highest BCUT2D eigenvalue weighted by Crippen LogP contribution is 2.26. The predicted molar refractivity (Wildman–Crippen MR) is 68.9 cm³/mol. The fourth-order valence-electron chi connectivity index (χ4n) is 2.24. The lowest BCUT2D eigenvalue weighted by molar-refractivity contribution is 0.504. The number of aryl methyl sites for hydroxylation is 1. The van der Waals surface area contributed by atoms with Gasteiger partial charge in [0, 0.05) is 15.8 Å². The largest absolute Gasteiger partial charge is 0.399 e. The number of nitrogen functional groups attached to an aromatic ring is 1. The van der Waals surface area contributed by atoms with E-state index in [0.717, 1.165) is 29.0 Å². The van der Waals surface area contributed by atoms with Crippen LogP contribution in [0, 0.1) is 6.92 Å². The van der Waals surface area contributed by atoms with Gasteiger partial charge in [-0.1, -0.05) is 19.3 Å². The van der Waals surface area contributed by atoms with Gasteiger partial charge in [-0.3, -0.25) is 4.21 Å². The molecule has 1 aromatic carbocycles. The first-order valence-corrected chi connectivity index (χ1v) is 7.16. The van der Waals surface area contributed by atoms with Crippen LogP contribution in [0.5, 0.6) is 0 Å². The van der Waals surface area contributed by atoms with Crippen LogP contribution in [-0.2, 0) is 10.8 Å². The normalized spacial score (nSPS) is 19.6. The SMILES string of the molecule is Cc1cc(S(=O)C2CCCCC2)ccc1N. The maximum Gasteiger partial charge on any atom is 0.0560 e. The molecule has 2 rings (SSSR count). The number of nitrogens with two attached hydrogens (primary N) is 1. The fraction of sp³-hybridized carbons (Fsp3) is 0.538. The van der Waals surface area contributed by atoms with Crippen molar-refractivity contribution in [2.75, 3.05) is 5.73 Å². The van der Waals surface area contributed by atoms with Crippen molar-refractivity contribution in [3.8, 4) is 0 Å². The Morgan fingerprint density at radius 2 is 1.94 bits per heavy atom. The molecule has 2 N–H and O–H groups in total. The Bertz CT molecular complexity index is 397. The number of hydrogen-bond acceptors (Lipinski definition) is 2. The van der Waals surface area contributed by atoms with E-state index in [1.54, 1.807) is 0 Å². The summed E-state index contributed by atoms with van der Waals surface area (Å²) in [4.78, 5) is 0.943. The molecule has 0 heterocycles. The molecular weight excluding hydrogens is 218 g/mol. The van der Waals surface area contributed by atoms with Gasteiger partial charge in [0.25, 0.3) is 0 Å². The quantitative estimate of drug-likeness (QED) is 0.803. The van der Waals surface area contributed by atoms with Crippen molar-refractivity contribution in [2.24, 2.45) is 0 Å². The second-order valence-corrected chi connectivity index (χ2v) is 6.31. The summed E-state index contributed by atoms with van der Waals surface area (Å²) < 4.78 is 12.3. The number of anilines is 1. The molecule has 0 spiro atoms. The molecule has 0 saturated heterocycles. The molecule has 1 aliphatic carbocycles. The standard InChI is InChI=1S/C13H19NOS/c1-10-9-12(7-8-13(10)14)16(15)11-5-3-2-4-6-11/h7-9,11H,2-6,14H2,1H3. The average molecular weight is 237 g/mol. The highest BCUT2D eigenvalue weighted by molar-refractivity contribution is 7.85. The summed E-state index contributed by atoms with van der Waals surface area (Å²) >= 11 is 0. The molecule has 0 bridgehead atoms. The van der Waals surface area contributed by atoms with Crippen LogP contribution in [0.1, 0.15) is 37.7 Å². The summed E-state index contributed by atoms with van der Waals surface area (Å²) in [5, 5.41) is 0.358. The maximum absolute atomic E-state index is 12.3. The summed E-state index contributed by atoms with van der Waals surface area (Å²) in [6.45, 7) is 1.97. The molecule has 1 unspecified atom stereocenters. The number of benzene rings is 1. The zero-order valence-corrected chi connectivity index (χ0v) is 10.6. The predicted octanol–water partition coefficient (Wildman–Crippen LogP) is 3.02. The van der Waals surface area contributed by atoms with Crippen LogP contribution in [0.25, 0.3) is 0 Å². The Hall–Kier alpha value is -0.830. The Kier molecular flexibility index (Phi) is 3.64. The van der Waals surface area contributed by atoms with Crippen molar-refractivity contribution in [3.05, 3.63) is 23.8 Å². The highest BCUT2D eigenvalue weighted by Gasteiger charge is 2.21. The number of rotatable bonds is 2. The van der Waals surface area contributed by atoms with E-state index in [9.17, 15) is 4.21 Å². The first-order valence-electron chi connectivity index (χ1n) is 5.95. The molecule has 16 heavy (non-hydrogen) atoms. The van der Waals surface area contributed by atoms with Gasteiger partial charge in [-0.2, -0.15) is 0 Å². The van der Waals surface area contributed by atoms with Crippen molar-refractivity contribution in [3.63, 3.8) is 0 Å². The lowest BCUT2D eigenvalue weighted by atomic mass is 10.0. The summed E-state index contributed by atoms with van der Waals surface area (Å²) in [6, 6.07) is 5.75. The molecule has 0 radical (unpaired) electrons. The highest BCUT2D eigenvalue weighted by atomic mass is 32.2. The molecule has 88 valence electrons. The van der Waals surface area contributed by atoms with Crippen molar-refractivity contribution in [1.29, 1.82) is 0 Å². The molecule has 1 fully saturated rings. The van der Waals surface area contributed by atoms with Gasteiger partial charge in [0.05, 0.1) is 10.8 Å². The van der Waals surface area contributed by atoms with Crippen molar-refractivity contribution in [1.82, 2.24) is 0 Å². The molecule has 3 heteroatoms. The van der Waals surface area contributed by atoms with Crippen LogP contribution in [0.2, 0.25) is 0 Å². The Balaban J connectivity index is 2.16. The van der Waals surface area contributed by atoms with Crippen LogP contribution in [0.15, 0.2) is 23.1 Å². The summed E-state index contributed by atoms with van der Waals surface area (Å²) in [7, 11) is -0.844. The van der Waals surface area contributed by atoms with Gasteiger partial charge < -0.3 is 5.73 Å². The van der Waals surface area contributed by atoms with Gasteiger partial charge in [-0.15, -0.1) is 0 Å². The van der Waals surface area contributed by atoms with Gasteiger partial charge in [0.15, 0.2) is 0 Å². The first-order chi connectivity index (χ1) is 7.68. The third-order valence-corrected chi connectivity index (χ3v) is 5.12. The van der Waals surface area contributed by atoms with Crippen molar-refractivity contribution in [2.45, 2.75) is 49.2 Å². The topological polar surface area (TPSA) is 43.1 Å². The Morgan fingerprint density at radius 3 is 2.56 bits per heavy atom. The lowest BCUT2D eigenvalue weighted by Crippen LogP contribution is -2.18. The van der Waals surface area contributed by atoms with Gasteiger partial charge in [0.2, 0.25) is 0 Å². The van der Waals surface area contributed by atoms with E-state index in [1.807, 2.05) is 25.1 Å². The van der Waals surface area contributed by atoms with E-state index < -0.39 is 10.8 Å². The van der Waals surface area contributed by atoms with E-state index >= 15 is 0 Å². The smallest absolute Gasteiger partial charge is 0.0560 e. The van der Waals surface area contributed by atoms with E-state index in [1.165, 1.54) is 19.3 Å². The molecule has 1 saturated carbocycles. The average Bonchev–Trinajstić information content (AvgIpc) is 2.33. The minimum absolute atomic E-state index is 0.358. The molecule has 0 aromatic heterocycles. The molecule has 1 aromatic rings. The maximum atomic E-state index is 12.3. The minimum Gasteiger partial charge on any atom is -0.399 e. The van der Waals surface area contributed by atoms with Gasteiger partial charge in [0.1, 0.15) is 0 Å². The monoisotopic (exact) mass is 237 g/mol. The molecule has 1 atom stereocenters. The van der Waals surface area contributed by atoms with Crippen molar-refractivity contribution < 1.29 is 4.21 Å². The van der Waals surface area contributed by atoms with Crippen molar-refractivity contribution >= 4 is 16.5 Å². The van der Waals surface area contributed by atoms with Crippen LogP contribution in [-0.4, -0.2) is 9.46 Å². The number of hydrogen-bond donors (Lipinski definition) is 1.